The van der Waals surface area contributed by atoms with Crippen LogP contribution in [0.25, 0.3) is 55.4 Å². The van der Waals surface area contributed by atoms with E-state index >= 15 is 0 Å². The van der Waals surface area contributed by atoms with Crippen molar-refractivity contribution in [3.63, 3.8) is 0 Å². The first kappa shape index (κ1) is 25.6. The zero-order valence-corrected chi connectivity index (χ0v) is 24.6. The number of aromatic nitrogens is 2. The Morgan fingerprint density at radius 3 is 1.78 bits per heavy atom. The van der Waals surface area contributed by atoms with E-state index in [1.807, 2.05) is 12.1 Å². The van der Waals surface area contributed by atoms with Gasteiger partial charge in [-0.05, 0) is 62.4 Å². The number of benzene rings is 7. The van der Waals surface area contributed by atoms with Crippen LogP contribution in [-0.4, -0.2) is 9.97 Å². The lowest BCUT2D eigenvalue weighted by Gasteiger charge is -2.34. The first-order valence-electron chi connectivity index (χ1n) is 15.4. The molecule has 0 fully saturated rings. The van der Waals surface area contributed by atoms with E-state index in [9.17, 15) is 0 Å². The Labute approximate surface area is 262 Å². The van der Waals surface area contributed by atoms with Gasteiger partial charge in [-0.2, -0.15) is 0 Å². The molecule has 1 aromatic heterocycles. The summed E-state index contributed by atoms with van der Waals surface area (Å²) in [6, 6.07) is 60.9. The standard InChI is InChI=1S/C43H28N2/c1-4-15-29(16-5-1)41-35-23-11-13-26-40(35)44-42(45-41)34-24-14-17-30-27-39-37(28-36(30)34)33-22-10-12-25-38(33)43(39,31-18-6-2-7-19-31)32-20-8-3-9-21-32/h1-28H. The van der Waals surface area contributed by atoms with Crippen molar-refractivity contribution >= 4 is 21.7 Å². The van der Waals surface area contributed by atoms with E-state index in [1.165, 1.54) is 38.8 Å². The zero-order valence-electron chi connectivity index (χ0n) is 24.6. The fourth-order valence-corrected chi connectivity index (χ4v) is 7.42. The first-order chi connectivity index (χ1) is 22.3. The molecule has 2 heteroatoms. The van der Waals surface area contributed by atoms with E-state index in [2.05, 4.69) is 158 Å². The topological polar surface area (TPSA) is 25.8 Å². The van der Waals surface area contributed by atoms with Crippen LogP contribution in [0.4, 0.5) is 0 Å². The van der Waals surface area contributed by atoms with Crippen molar-refractivity contribution in [1.29, 1.82) is 0 Å². The summed E-state index contributed by atoms with van der Waals surface area (Å²) in [4.78, 5) is 10.4. The van der Waals surface area contributed by atoms with Crippen LogP contribution in [0.1, 0.15) is 22.3 Å². The van der Waals surface area contributed by atoms with Gasteiger partial charge in [-0.25, -0.2) is 9.97 Å². The fourth-order valence-electron chi connectivity index (χ4n) is 7.42. The van der Waals surface area contributed by atoms with Crippen molar-refractivity contribution in [2.75, 3.05) is 0 Å². The smallest absolute Gasteiger partial charge is 0.161 e. The van der Waals surface area contributed by atoms with Crippen LogP contribution in [0.2, 0.25) is 0 Å². The van der Waals surface area contributed by atoms with Gasteiger partial charge in [0.1, 0.15) is 0 Å². The molecular weight excluding hydrogens is 544 g/mol. The first-order valence-corrected chi connectivity index (χ1v) is 15.4. The summed E-state index contributed by atoms with van der Waals surface area (Å²) in [6.07, 6.45) is 0. The van der Waals surface area contributed by atoms with Gasteiger partial charge in [-0.15, -0.1) is 0 Å². The molecule has 45 heavy (non-hydrogen) atoms. The monoisotopic (exact) mass is 572 g/mol. The molecule has 0 aliphatic heterocycles. The molecule has 0 amide bonds. The minimum absolute atomic E-state index is 0.432. The predicted octanol–water partition coefficient (Wildman–Crippen LogP) is 10.5. The quantitative estimate of drug-likeness (QED) is 0.210. The van der Waals surface area contributed by atoms with Gasteiger partial charge in [0.05, 0.1) is 16.6 Å². The summed E-state index contributed by atoms with van der Waals surface area (Å²) in [5, 5.41) is 3.38. The van der Waals surface area contributed by atoms with Crippen molar-refractivity contribution in [2.45, 2.75) is 5.41 Å². The second-order valence-corrected chi connectivity index (χ2v) is 11.7. The molecule has 9 rings (SSSR count). The summed E-state index contributed by atoms with van der Waals surface area (Å²) in [6.45, 7) is 0. The fraction of sp³-hybridized carbons (Fsp3) is 0.0233. The molecule has 8 aromatic rings. The van der Waals surface area contributed by atoms with E-state index in [0.717, 1.165) is 38.9 Å². The molecule has 1 heterocycles. The number of hydrogen-bond acceptors (Lipinski definition) is 2. The van der Waals surface area contributed by atoms with Gasteiger partial charge in [-0.3, -0.25) is 0 Å². The van der Waals surface area contributed by atoms with Crippen LogP contribution in [0.15, 0.2) is 170 Å². The van der Waals surface area contributed by atoms with Gasteiger partial charge in [-0.1, -0.05) is 152 Å². The molecule has 0 saturated carbocycles. The lowest BCUT2D eigenvalue weighted by atomic mass is 9.67. The molecule has 0 bridgehead atoms. The maximum Gasteiger partial charge on any atom is 0.161 e. The molecule has 0 unspecified atom stereocenters. The van der Waals surface area contributed by atoms with Crippen molar-refractivity contribution in [2.24, 2.45) is 0 Å². The van der Waals surface area contributed by atoms with Crippen molar-refractivity contribution in [1.82, 2.24) is 9.97 Å². The molecule has 2 nitrogen and oxygen atoms in total. The number of nitrogens with zero attached hydrogens (tertiary/aromatic N) is 2. The summed E-state index contributed by atoms with van der Waals surface area (Å²) in [5.41, 5.74) is 11.2. The number of fused-ring (bicyclic) bond motifs is 5. The van der Waals surface area contributed by atoms with Gasteiger partial charge in [0.2, 0.25) is 0 Å². The van der Waals surface area contributed by atoms with E-state index in [1.54, 1.807) is 0 Å². The van der Waals surface area contributed by atoms with Crippen molar-refractivity contribution < 1.29 is 0 Å². The average Bonchev–Trinajstić information content (AvgIpc) is 3.41. The maximum atomic E-state index is 5.24. The van der Waals surface area contributed by atoms with Crippen LogP contribution < -0.4 is 0 Å². The number of para-hydroxylation sites is 1. The Morgan fingerprint density at radius 1 is 0.400 bits per heavy atom. The average molecular weight is 573 g/mol. The highest BCUT2D eigenvalue weighted by Crippen LogP contribution is 2.57. The van der Waals surface area contributed by atoms with E-state index in [4.69, 9.17) is 9.97 Å². The van der Waals surface area contributed by atoms with Crippen LogP contribution in [0, 0.1) is 0 Å². The molecule has 0 atom stereocenters. The molecule has 1 aliphatic rings. The van der Waals surface area contributed by atoms with E-state index in [-0.39, 0.29) is 0 Å². The largest absolute Gasteiger partial charge is 0.228 e. The molecule has 7 aromatic carbocycles. The second kappa shape index (κ2) is 10.1. The van der Waals surface area contributed by atoms with Crippen molar-refractivity contribution in [3.05, 3.63) is 192 Å². The van der Waals surface area contributed by atoms with Gasteiger partial charge < -0.3 is 0 Å². The Bertz CT molecular complexity index is 2320. The molecule has 0 saturated heterocycles. The lowest BCUT2D eigenvalue weighted by Crippen LogP contribution is -2.28. The normalized spacial score (nSPS) is 13.1. The number of rotatable bonds is 4. The predicted molar refractivity (Wildman–Crippen MR) is 185 cm³/mol. The van der Waals surface area contributed by atoms with Crippen molar-refractivity contribution in [3.8, 4) is 33.8 Å². The maximum absolute atomic E-state index is 5.24. The van der Waals surface area contributed by atoms with Gasteiger partial charge in [0, 0.05) is 16.5 Å². The highest BCUT2D eigenvalue weighted by molar-refractivity contribution is 6.03. The zero-order chi connectivity index (χ0) is 29.8. The highest BCUT2D eigenvalue weighted by atomic mass is 14.9. The third kappa shape index (κ3) is 3.82. The minimum atomic E-state index is -0.432. The van der Waals surface area contributed by atoms with Crippen LogP contribution in [0.3, 0.4) is 0 Å². The Morgan fingerprint density at radius 2 is 1.02 bits per heavy atom. The van der Waals surface area contributed by atoms with Gasteiger partial charge in [0.25, 0.3) is 0 Å². The Kier molecular flexibility index (Phi) is 5.76. The SMILES string of the molecule is c1ccc(-c2nc(-c3cccc4cc5c(cc34)-c3ccccc3C5(c3ccccc3)c3ccccc3)nc3ccccc23)cc1. The summed E-state index contributed by atoms with van der Waals surface area (Å²) in [5.74, 6) is 0.738. The third-order valence-corrected chi connectivity index (χ3v) is 9.35. The number of hydrogen-bond donors (Lipinski definition) is 0. The summed E-state index contributed by atoms with van der Waals surface area (Å²) in [7, 11) is 0. The van der Waals surface area contributed by atoms with Crippen LogP contribution in [-0.2, 0) is 5.41 Å². The van der Waals surface area contributed by atoms with Gasteiger partial charge in [0.15, 0.2) is 5.82 Å². The third-order valence-electron chi connectivity index (χ3n) is 9.35. The molecule has 0 spiro atoms. The van der Waals surface area contributed by atoms with Crippen LogP contribution in [0.5, 0.6) is 0 Å². The second-order valence-electron chi connectivity index (χ2n) is 11.7. The lowest BCUT2D eigenvalue weighted by molar-refractivity contribution is 0.769. The molecule has 0 N–H and O–H groups in total. The van der Waals surface area contributed by atoms with E-state index < -0.39 is 5.41 Å². The molecule has 210 valence electrons. The highest BCUT2D eigenvalue weighted by Gasteiger charge is 2.46. The van der Waals surface area contributed by atoms with Crippen LogP contribution >= 0.6 is 0 Å². The molecular formula is C43H28N2. The Balaban J connectivity index is 1.35. The Hall–Kier alpha value is -5.86. The summed E-state index contributed by atoms with van der Waals surface area (Å²) < 4.78 is 0. The van der Waals surface area contributed by atoms with E-state index in [0.29, 0.717) is 0 Å². The summed E-state index contributed by atoms with van der Waals surface area (Å²) >= 11 is 0. The molecule has 0 radical (unpaired) electrons. The molecule has 1 aliphatic carbocycles. The van der Waals surface area contributed by atoms with Gasteiger partial charge >= 0.3 is 0 Å². The minimum Gasteiger partial charge on any atom is -0.228 e.